The van der Waals surface area contributed by atoms with Crippen LogP contribution in [0.3, 0.4) is 0 Å². The van der Waals surface area contributed by atoms with E-state index >= 15 is 0 Å². The molecule has 0 aliphatic rings. The van der Waals surface area contributed by atoms with Crippen molar-refractivity contribution in [1.29, 1.82) is 0 Å². The largest absolute Gasteiger partial charge is 0.494 e. The van der Waals surface area contributed by atoms with E-state index in [9.17, 15) is 4.39 Å². The van der Waals surface area contributed by atoms with Crippen molar-refractivity contribution in [3.63, 3.8) is 0 Å². The lowest BCUT2D eigenvalue weighted by Gasteiger charge is -2.12. The van der Waals surface area contributed by atoms with E-state index in [2.05, 4.69) is 27.8 Å². The zero-order valence-corrected chi connectivity index (χ0v) is 14.0. The SMILES string of the molecule is CN=C(NCCCCOc1ccc(F)cc1)NCc1ccccc1. The molecule has 5 heteroatoms. The molecule has 0 aliphatic carbocycles. The highest BCUT2D eigenvalue weighted by Gasteiger charge is 1.98. The van der Waals surface area contributed by atoms with E-state index in [0.29, 0.717) is 12.4 Å². The van der Waals surface area contributed by atoms with Crippen LogP contribution in [0.1, 0.15) is 18.4 Å². The van der Waals surface area contributed by atoms with E-state index in [-0.39, 0.29) is 5.82 Å². The molecule has 2 N–H and O–H groups in total. The molecule has 0 bridgehead atoms. The Morgan fingerprint density at radius 2 is 1.75 bits per heavy atom. The van der Waals surface area contributed by atoms with Crippen LogP contribution in [0.2, 0.25) is 0 Å². The number of hydrogen-bond donors (Lipinski definition) is 2. The van der Waals surface area contributed by atoms with E-state index < -0.39 is 0 Å². The molecule has 0 saturated heterocycles. The maximum atomic E-state index is 12.8. The Hall–Kier alpha value is -2.56. The summed E-state index contributed by atoms with van der Waals surface area (Å²) in [5.74, 6) is 1.24. The fourth-order valence-corrected chi connectivity index (χ4v) is 2.16. The van der Waals surface area contributed by atoms with Crippen molar-refractivity contribution < 1.29 is 9.13 Å². The number of benzene rings is 2. The van der Waals surface area contributed by atoms with Crippen LogP contribution in [0.25, 0.3) is 0 Å². The minimum Gasteiger partial charge on any atom is -0.494 e. The predicted molar refractivity (Wildman–Crippen MR) is 95.8 cm³/mol. The van der Waals surface area contributed by atoms with Gasteiger partial charge in [-0.3, -0.25) is 4.99 Å². The van der Waals surface area contributed by atoms with Crippen LogP contribution in [0, 0.1) is 5.82 Å². The predicted octanol–water partition coefficient (Wildman–Crippen LogP) is 3.35. The lowest BCUT2D eigenvalue weighted by molar-refractivity contribution is 0.306. The first-order chi connectivity index (χ1) is 11.8. The zero-order valence-electron chi connectivity index (χ0n) is 14.0. The van der Waals surface area contributed by atoms with E-state index in [1.54, 1.807) is 19.2 Å². The highest BCUT2D eigenvalue weighted by atomic mass is 19.1. The molecule has 2 aromatic carbocycles. The highest BCUT2D eigenvalue weighted by molar-refractivity contribution is 5.79. The second-order valence-corrected chi connectivity index (χ2v) is 5.35. The lowest BCUT2D eigenvalue weighted by Crippen LogP contribution is -2.37. The molecule has 0 aromatic heterocycles. The number of unbranched alkanes of at least 4 members (excludes halogenated alkanes) is 1. The van der Waals surface area contributed by atoms with Gasteiger partial charge in [-0.15, -0.1) is 0 Å². The molecular formula is C19H24FN3O. The second kappa shape index (κ2) is 10.3. The van der Waals surface area contributed by atoms with Gasteiger partial charge < -0.3 is 15.4 Å². The summed E-state index contributed by atoms with van der Waals surface area (Å²) in [5.41, 5.74) is 1.22. The van der Waals surface area contributed by atoms with Crippen LogP contribution in [-0.2, 0) is 6.54 Å². The molecule has 0 radical (unpaired) electrons. The topological polar surface area (TPSA) is 45.7 Å². The van der Waals surface area contributed by atoms with Gasteiger partial charge in [0.1, 0.15) is 11.6 Å². The van der Waals surface area contributed by atoms with Crippen molar-refractivity contribution >= 4 is 5.96 Å². The van der Waals surface area contributed by atoms with E-state index in [1.807, 2.05) is 18.2 Å². The summed E-state index contributed by atoms with van der Waals surface area (Å²) in [6.07, 6.45) is 1.88. The monoisotopic (exact) mass is 329 g/mol. The van der Waals surface area contributed by atoms with Gasteiger partial charge >= 0.3 is 0 Å². The van der Waals surface area contributed by atoms with Crippen molar-refractivity contribution in [2.75, 3.05) is 20.2 Å². The maximum absolute atomic E-state index is 12.8. The number of guanidine groups is 1. The van der Waals surface area contributed by atoms with Crippen molar-refractivity contribution in [2.24, 2.45) is 4.99 Å². The molecule has 0 saturated carbocycles. The molecule has 0 spiro atoms. The molecule has 2 aromatic rings. The Morgan fingerprint density at radius 1 is 1.00 bits per heavy atom. The van der Waals surface area contributed by atoms with E-state index in [1.165, 1.54) is 17.7 Å². The number of nitrogens with one attached hydrogen (secondary N) is 2. The van der Waals surface area contributed by atoms with Gasteiger partial charge in [0.25, 0.3) is 0 Å². The Kier molecular flexibility index (Phi) is 7.60. The molecule has 4 nitrogen and oxygen atoms in total. The molecule has 0 atom stereocenters. The van der Waals surface area contributed by atoms with E-state index in [4.69, 9.17) is 4.74 Å². The molecule has 0 heterocycles. The minimum atomic E-state index is -0.249. The summed E-state index contributed by atoms with van der Waals surface area (Å²) in [7, 11) is 1.76. The zero-order chi connectivity index (χ0) is 17.0. The summed E-state index contributed by atoms with van der Waals surface area (Å²) in [6.45, 7) is 2.18. The maximum Gasteiger partial charge on any atom is 0.191 e. The smallest absolute Gasteiger partial charge is 0.191 e. The normalized spacial score (nSPS) is 11.2. The van der Waals surface area contributed by atoms with Gasteiger partial charge in [-0.1, -0.05) is 30.3 Å². The van der Waals surface area contributed by atoms with Crippen LogP contribution < -0.4 is 15.4 Å². The van der Waals surface area contributed by atoms with Crippen LogP contribution >= 0.6 is 0 Å². The fourth-order valence-electron chi connectivity index (χ4n) is 2.16. The van der Waals surface area contributed by atoms with Crippen molar-refractivity contribution in [3.8, 4) is 5.75 Å². The number of aliphatic imine (C=N–C) groups is 1. The lowest BCUT2D eigenvalue weighted by atomic mass is 10.2. The standard InChI is InChI=1S/C19H24FN3O/c1-21-19(23-15-16-7-3-2-4-8-16)22-13-5-6-14-24-18-11-9-17(20)10-12-18/h2-4,7-12H,5-6,13-15H2,1H3,(H2,21,22,23). The van der Waals surface area contributed by atoms with Gasteiger partial charge in [0.15, 0.2) is 5.96 Å². The van der Waals surface area contributed by atoms with Crippen LogP contribution in [-0.4, -0.2) is 26.2 Å². The first-order valence-electron chi connectivity index (χ1n) is 8.15. The first kappa shape index (κ1) is 17.8. The molecule has 0 unspecified atom stereocenters. The van der Waals surface area contributed by atoms with Crippen molar-refractivity contribution in [3.05, 3.63) is 66.0 Å². The molecule has 2 rings (SSSR count). The van der Waals surface area contributed by atoms with Gasteiger partial charge in [-0.2, -0.15) is 0 Å². The van der Waals surface area contributed by atoms with Gasteiger partial charge in [0.2, 0.25) is 0 Å². The van der Waals surface area contributed by atoms with Crippen LogP contribution in [0.15, 0.2) is 59.6 Å². The molecule has 0 fully saturated rings. The molecule has 128 valence electrons. The summed E-state index contributed by atoms with van der Waals surface area (Å²) in [4.78, 5) is 4.20. The van der Waals surface area contributed by atoms with Crippen molar-refractivity contribution in [1.82, 2.24) is 10.6 Å². The van der Waals surface area contributed by atoms with Crippen LogP contribution in [0.4, 0.5) is 4.39 Å². The van der Waals surface area contributed by atoms with Crippen molar-refractivity contribution in [2.45, 2.75) is 19.4 Å². The first-order valence-corrected chi connectivity index (χ1v) is 8.15. The molecule has 0 amide bonds. The summed E-state index contributed by atoms with van der Waals surface area (Å²) in [6, 6.07) is 16.3. The summed E-state index contributed by atoms with van der Waals surface area (Å²) >= 11 is 0. The molecular weight excluding hydrogens is 305 g/mol. The second-order valence-electron chi connectivity index (χ2n) is 5.35. The average molecular weight is 329 g/mol. The Morgan fingerprint density at radius 3 is 2.46 bits per heavy atom. The third kappa shape index (κ3) is 6.69. The third-order valence-electron chi connectivity index (χ3n) is 3.47. The number of ether oxygens (including phenoxy) is 1. The van der Waals surface area contributed by atoms with E-state index in [0.717, 1.165) is 31.9 Å². The third-order valence-corrected chi connectivity index (χ3v) is 3.47. The van der Waals surface area contributed by atoms with Gasteiger partial charge in [0, 0.05) is 20.1 Å². The van der Waals surface area contributed by atoms with Gasteiger partial charge in [0.05, 0.1) is 6.61 Å². The van der Waals surface area contributed by atoms with Crippen LogP contribution in [0.5, 0.6) is 5.75 Å². The fraction of sp³-hybridized carbons (Fsp3) is 0.316. The Bertz CT molecular complexity index is 614. The van der Waals surface area contributed by atoms with Gasteiger partial charge in [-0.05, 0) is 42.7 Å². The van der Waals surface area contributed by atoms with Gasteiger partial charge in [-0.25, -0.2) is 4.39 Å². The summed E-state index contributed by atoms with van der Waals surface area (Å²) < 4.78 is 18.3. The number of halogens is 1. The molecule has 0 aliphatic heterocycles. The number of rotatable bonds is 8. The minimum absolute atomic E-state index is 0.249. The quantitative estimate of drug-likeness (QED) is 0.443. The summed E-state index contributed by atoms with van der Waals surface area (Å²) in [5, 5.41) is 6.56. The highest BCUT2D eigenvalue weighted by Crippen LogP contribution is 2.11. The number of nitrogens with zero attached hydrogens (tertiary/aromatic N) is 1. The number of hydrogen-bond acceptors (Lipinski definition) is 2. The average Bonchev–Trinajstić information content (AvgIpc) is 2.63. The molecule has 24 heavy (non-hydrogen) atoms. The Balaban J connectivity index is 1.56. The Labute approximate surface area is 142 Å².